The van der Waals surface area contributed by atoms with Crippen molar-refractivity contribution in [1.82, 2.24) is 0 Å². The average molecular weight is 260 g/mol. The van der Waals surface area contributed by atoms with Crippen LogP contribution in [0.15, 0.2) is 29.2 Å². The van der Waals surface area contributed by atoms with Gasteiger partial charge in [0.2, 0.25) is 0 Å². The number of rotatable bonds is 5. The summed E-state index contributed by atoms with van der Waals surface area (Å²) in [6, 6.07) is 6.45. The van der Waals surface area contributed by atoms with Crippen LogP contribution in [0.2, 0.25) is 0 Å². The normalized spacial score (nSPS) is 11.3. The molecule has 16 heavy (non-hydrogen) atoms. The number of thioether (sulfide) groups is 1. The number of hydrogen-bond donors (Lipinski definition) is 1. The van der Waals surface area contributed by atoms with Crippen LogP contribution in [0, 0.1) is 0 Å². The van der Waals surface area contributed by atoms with Gasteiger partial charge in [-0.15, -0.1) is 11.8 Å². The van der Waals surface area contributed by atoms with Crippen LogP contribution in [-0.4, -0.2) is 37.3 Å². The molecule has 0 aliphatic carbocycles. The van der Waals surface area contributed by atoms with E-state index in [1.165, 1.54) is 30.2 Å². The van der Waals surface area contributed by atoms with Gasteiger partial charge < -0.3 is 5.11 Å². The highest BCUT2D eigenvalue weighted by atomic mass is 32.2. The molecular weight excluding hydrogens is 248 g/mol. The minimum atomic E-state index is -2.96. The summed E-state index contributed by atoms with van der Waals surface area (Å²) in [5.74, 6) is -0.456. The van der Waals surface area contributed by atoms with E-state index in [9.17, 15) is 13.2 Å². The van der Waals surface area contributed by atoms with Gasteiger partial charge in [-0.3, -0.25) is 0 Å². The molecule has 6 heteroatoms. The van der Waals surface area contributed by atoms with E-state index in [0.29, 0.717) is 5.75 Å². The number of sulfone groups is 1. The van der Waals surface area contributed by atoms with Crippen LogP contribution < -0.4 is 0 Å². The van der Waals surface area contributed by atoms with Gasteiger partial charge in [-0.25, -0.2) is 13.2 Å². The Kier molecular flexibility index (Phi) is 4.37. The molecule has 0 unspecified atom stereocenters. The van der Waals surface area contributed by atoms with Crippen LogP contribution in [0.1, 0.15) is 10.4 Å². The molecule has 0 aliphatic heterocycles. The lowest BCUT2D eigenvalue weighted by atomic mass is 10.2. The first kappa shape index (κ1) is 13.1. The lowest BCUT2D eigenvalue weighted by Crippen LogP contribution is -2.05. The lowest BCUT2D eigenvalue weighted by Gasteiger charge is -2.01. The molecule has 0 amide bonds. The van der Waals surface area contributed by atoms with Crippen molar-refractivity contribution in [2.24, 2.45) is 0 Å². The largest absolute Gasteiger partial charge is 0.478 e. The van der Waals surface area contributed by atoms with E-state index in [2.05, 4.69) is 0 Å². The monoisotopic (exact) mass is 260 g/mol. The molecule has 1 aromatic rings. The van der Waals surface area contributed by atoms with Crippen molar-refractivity contribution in [3.8, 4) is 0 Å². The van der Waals surface area contributed by atoms with Crippen LogP contribution in [-0.2, 0) is 9.84 Å². The van der Waals surface area contributed by atoms with Crippen molar-refractivity contribution in [3.63, 3.8) is 0 Å². The summed E-state index contributed by atoms with van der Waals surface area (Å²) >= 11 is 1.34. The third-order valence-electron chi connectivity index (χ3n) is 1.80. The zero-order valence-corrected chi connectivity index (χ0v) is 10.3. The van der Waals surface area contributed by atoms with E-state index < -0.39 is 15.8 Å². The molecule has 0 aromatic heterocycles. The van der Waals surface area contributed by atoms with Crippen molar-refractivity contribution in [2.45, 2.75) is 4.90 Å². The second-order valence-corrected chi connectivity index (χ2v) is 6.74. The molecule has 0 saturated heterocycles. The first-order chi connectivity index (χ1) is 7.38. The number of benzene rings is 1. The van der Waals surface area contributed by atoms with E-state index in [-0.39, 0.29) is 11.3 Å². The second kappa shape index (κ2) is 5.36. The number of carboxylic acids is 1. The summed E-state index contributed by atoms with van der Waals surface area (Å²) in [5.41, 5.74) is 0.212. The number of hydrogen-bond acceptors (Lipinski definition) is 4. The summed E-state index contributed by atoms with van der Waals surface area (Å²) in [7, 11) is -2.96. The van der Waals surface area contributed by atoms with Crippen LogP contribution >= 0.6 is 11.8 Å². The van der Waals surface area contributed by atoms with Gasteiger partial charge in [0.1, 0.15) is 9.84 Å². The molecule has 4 nitrogen and oxygen atoms in total. The highest BCUT2D eigenvalue weighted by molar-refractivity contribution is 8.00. The molecule has 0 aliphatic rings. The highest BCUT2D eigenvalue weighted by Gasteiger charge is 2.05. The van der Waals surface area contributed by atoms with Crippen molar-refractivity contribution in [2.75, 3.05) is 17.8 Å². The van der Waals surface area contributed by atoms with Crippen LogP contribution in [0.25, 0.3) is 0 Å². The SMILES string of the molecule is CS(=O)(=O)CCSc1cccc(C(=O)O)c1. The molecular formula is C10H12O4S2. The van der Waals surface area contributed by atoms with E-state index in [1.54, 1.807) is 12.1 Å². The maximum absolute atomic E-state index is 10.9. The third-order valence-corrected chi connectivity index (χ3v) is 4.00. The van der Waals surface area contributed by atoms with Crippen molar-refractivity contribution in [3.05, 3.63) is 29.8 Å². The number of aromatic carboxylic acids is 1. The van der Waals surface area contributed by atoms with Crippen LogP contribution in [0.4, 0.5) is 0 Å². The summed E-state index contributed by atoms with van der Waals surface area (Å²) in [4.78, 5) is 11.4. The molecule has 0 radical (unpaired) electrons. The molecule has 0 atom stereocenters. The average Bonchev–Trinajstić information content (AvgIpc) is 2.16. The Morgan fingerprint density at radius 3 is 2.69 bits per heavy atom. The Morgan fingerprint density at radius 1 is 1.44 bits per heavy atom. The molecule has 0 spiro atoms. The minimum Gasteiger partial charge on any atom is -0.478 e. The molecule has 88 valence electrons. The maximum Gasteiger partial charge on any atom is 0.335 e. The van der Waals surface area contributed by atoms with Gasteiger partial charge in [0.15, 0.2) is 0 Å². The van der Waals surface area contributed by atoms with E-state index in [0.717, 1.165) is 4.90 Å². The predicted molar refractivity (Wildman–Crippen MR) is 63.8 cm³/mol. The quantitative estimate of drug-likeness (QED) is 0.813. The van der Waals surface area contributed by atoms with Crippen molar-refractivity contribution in [1.29, 1.82) is 0 Å². The minimum absolute atomic E-state index is 0.0922. The third kappa shape index (κ3) is 4.67. The number of carboxylic acid groups (broad SMARTS) is 1. The van der Waals surface area contributed by atoms with Crippen molar-refractivity contribution < 1.29 is 18.3 Å². The summed E-state index contributed by atoms with van der Waals surface area (Å²) < 4.78 is 21.8. The molecule has 0 saturated carbocycles. The first-order valence-corrected chi connectivity index (χ1v) is 7.57. The smallest absolute Gasteiger partial charge is 0.335 e. The Balaban J connectivity index is 2.61. The molecule has 0 bridgehead atoms. The fourth-order valence-electron chi connectivity index (χ4n) is 1.03. The molecule has 0 fully saturated rings. The first-order valence-electron chi connectivity index (χ1n) is 4.52. The van der Waals surface area contributed by atoms with Gasteiger partial charge in [-0.2, -0.15) is 0 Å². The topological polar surface area (TPSA) is 71.4 Å². The van der Waals surface area contributed by atoms with Gasteiger partial charge in [-0.05, 0) is 18.2 Å². The Labute approximate surface area is 98.6 Å². The second-order valence-electron chi connectivity index (χ2n) is 3.31. The fraction of sp³-hybridized carbons (Fsp3) is 0.300. The zero-order valence-electron chi connectivity index (χ0n) is 8.71. The van der Waals surface area contributed by atoms with Gasteiger partial charge >= 0.3 is 5.97 Å². The van der Waals surface area contributed by atoms with E-state index >= 15 is 0 Å². The Morgan fingerprint density at radius 2 is 2.12 bits per heavy atom. The highest BCUT2D eigenvalue weighted by Crippen LogP contribution is 2.19. The Hall–Kier alpha value is -1.01. The van der Waals surface area contributed by atoms with E-state index in [1.807, 2.05) is 0 Å². The Bertz CT molecular complexity index is 479. The fourth-order valence-corrected chi connectivity index (χ4v) is 3.19. The van der Waals surface area contributed by atoms with E-state index in [4.69, 9.17) is 5.11 Å². The van der Waals surface area contributed by atoms with Gasteiger partial charge in [0.25, 0.3) is 0 Å². The van der Waals surface area contributed by atoms with Gasteiger partial charge in [-0.1, -0.05) is 6.07 Å². The van der Waals surface area contributed by atoms with Crippen molar-refractivity contribution >= 4 is 27.6 Å². The maximum atomic E-state index is 10.9. The number of carbonyl (C=O) groups is 1. The molecule has 1 aromatic carbocycles. The zero-order chi connectivity index (χ0) is 12.2. The van der Waals surface area contributed by atoms with Gasteiger partial charge in [0, 0.05) is 16.9 Å². The summed E-state index contributed by atoms with van der Waals surface area (Å²) in [6.07, 6.45) is 1.18. The lowest BCUT2D eigenvalue weighted by molar-refractivity contribution is 0.0696. The standard InChI is InChI=1S/C10H12O4S2/c1-16(13,14)6-5-15-9-4-2-3-8(7-9)10(11)12/h2-4,7H,5-6H2,1H3,(H,11,12). The van der Waals surface area contributed by atoms with Gasteiger partial charge in [0.05, 0.1) is 11.3 Å². The molecule has 1 rings (SSSR count). The molecule has 0 heterocycles. The van der Waals surface area contributed by atoms with Crippen LogP contribution in [0.3, 0.4) is 0 Å². The van der Waals surface area contributed by atoms with Crippen LogP contribution in [0.5, 0.6) is 0 Å². The molecule has 1 N–H and O–H groups in total. The predicted octanol–water partition coefficient (Wildman–Crippen LogP) is 1.52. The summed E-state index contributed by atoms with van der Waals surface area (Å²) in [6.45, 7) is 0. The summed E-state index contributed by atoms with van der Waals surface area (Å²) in [5, 5.41) is 8.76.